The predicted molar refractivity (Wildman–Crippen MR) is 82.1 cm³/mol. The summed E-state index contributed by atoms with van der Waals surface area (Å²) in [5, 5.41) is 7.45. The molecule has 0 bridgehead atoms. The maximum absolute atomic E-state index is 12.3. The smallest absolute Gasteiger partial charge is 0.272 e. The molecule has 2 aromatic rings. The number of benzene rings is 1. The number of amides is 1. The van der Waals surface area contributed by atoms with Crippen molar-refractivity contribution in [1.82, 2.24) is 15.1 Å². The number of rotatable bonds is 4. The van der Waals surface area contributed by atoms with Crippen LogP contribution in [0, 0.1) is 0 Å². The van der Waals surface area contributed by atoms with Crippen molar-refractivity contribution in [1.29, 1.82) is 0 Å². The fourth-order valence-corrected chi connectivity index (χ4v) is 2.93. The van der Waals surface area contributed by atoms with Crippen molar-refractivity contribution >= 4 is 5.91 Å². The Hall–Kier alpha value is -2.10. The van der Waals surface area contributed by atoms with Crippen molar-refractivity contribution in [3.63, 3.8) is 0 Å². The molecule has 1 aliphatic rings. The van der Waals surface area contributed by atoms with E-state index >= 15 is 0 Å². The second-order valence-electron chi connectivity index (χ2n) is 5.73. The Labute approximate surface area is 125 Å². The molecule has 1 N–H and O–H groups in total. The summed E-state index contributed by atoms with van der Waals surface area (Å²) >= 11 is 0. The van der Waals surface area contributed by atoms with E-state index in [1.807, 2.05) is 54.2 Å². The first-order valence-electron chi connectivity index (χ1n) is 7.65. The molecule has 4 heteroatoms. The third kappa shape index (κ3) is 3.15. The van der Waals surface area contributed by atoms with Gasteiger partial charge >= 0.3 is 0 Å². The highest BCUT2D eigenvalue weighted by molar-refractivity contribution is 5.92. The summed E-state index contributed by atoms with van der Waals surface area (Å²) in [7, 11) is 0. The summed E-state index contributed by atoms with van der Waals surface area (Å²) < 4.78 is 1.95. The van der Waals surface area contributed by atoms with Crippen LogP contribution in [0.1, 0.15) is 60.7 Å². The van der Waals surface area contributed by atoms with Crippen molar-refractivity contribution < 1.29 is 4.79 Å². The zero-order chi connectivity index (χ0) is 14.7. The summed E-state index contributed by atoms with van der Waals surface area (Å²) in [6.07, 6.45) is 6.79. The Balaban J connectivity index is 1.65. The molecule has 0 radical (unpaired) electrons. The van der Waals surface area contributed by atoms with Crippen LogP contribution < -0.4 is 5.32 Å². The number of carbonyl (C=O) groups excluding carboxylic acids is 1. The molecule has 110 valence electrons. The van der Waals surface area contributed by atoms with Crippen LogP contribution in [0.5, 0.6) is 0 Å². The molecular weight excluding hydrogens is 262 g/mol. The van der Waals surface area contributed by atoms with Crippen LogP contribution in [0.25, 0.3) is 0 Å². The molecule has 0 aliphatic heterocycles. The molecule has 4 nitrogen and oxygen atoms in total. The standard InChI is InChI=1S/C17H21N3O/c1-13(14-7-3-2-4-8-14)18-17(21)16-11-12-20(19-16)15-9-5-6-10-15/h2-4,7-8,11-13,15H,5-6,9-10H2,1H3,(H,18,21). The monoisotopic (exact) mass is 283 g/mol. The first kappa shape index (κ1) is 13.9. The second-order valence-corrected chi connectivity index (χ2v) is 5.73. The van der Waals surface area contributed by atoms with Gasteiger partial charge in [0.1, 0.15) is 5.69 Å². The quantitative estimate of drug-likeness (QED) is 0.933. The van der Waals surface area contributed by atoms with Gasteiger partial charge in [0.2, 0.25) is 0 Å². The Bertz CT molecular complexity index is 600. The predicted octanol–water partition coefficient (Wildman–Crippen LogP) is 3.49. The molecule has 1 amide bonds. The van der Waals surface area contributed by atoms with Gasteiger partial charge in [-0.2, -0.15) is 5.10 Å². The molecule has 1 fully saturated rings. The van der Waals surface area contributed by atoms with E-state index in [-0.39, 0.29) is 11.9 Å². The molecule has 1 aromatic carbocycles. The maximum atomic E-state index is 12.3. The van der Waals surface area contributed by atoms with E-state index in [2.05, 4.69) is 10.4 Å². The van der Waals surface area contributed by atoms with Gasteiger partial charge in [-0.3, -0.25) is 9.48 Å². The SMILES string of the molecule is CC(NC(=O)c1ccn(C2CCCC2)n1)c1ccccc1. The summed E-state index contributed by atoms with van der Waals surface area (Å²) in [5.41, 5.74) is 1.60. The zero-order valence-electron chi connectivity index (χ0n) is 12.3. The lowest BCUT2D eigenvalue weighted by Gasteiger charge is -2.13. The minimum absolute atomic E-state index is 0.0182. The van der Waals surface area contributed by atoms with Gasteiger partial charge < -0.3 is 5.32 Å². The highest BCUT2D eigenvalue weighted by Crippen LogP contribution is 2.28. The lowest BCUT2D eigenvalue weighted by atomic mass is 10.1. The Morgan fingerprint density at radius 3 is 2.67 bits per heavy atom. The van der Waals surface area contributed by atoms with E-state index in [1.54, 1.807) is 0 Å². The number of hydrogen-bond acceptors (Lipinski definition) is 2. The van der Waals surface area contributed by atoms with Crippen molar-refractivity contribution in [2.24, 2.45) is 0 Å². The van der Waals surface area contributed by atoms with E-state index in [4.69, 9.17) is 0 Å². The van der Waals surface area contributed by atoms with E-state index in [0.717, 1.165) is 5.56 Å². The maximum Gasteiger partial charge on any atom is 0.272 e. The molecule has 1 unspecified atom stereocenters. The Morgan fingerprint density at radius 2 is 1.95 bits per heavy atom. The zero-order valence-corrected chi connectivity index (χ0v) is 12.3. The van der Waals surface area contributed by atoms with Gasteiger partial charge in [0.15, 0.2) is 0 Å². The van der Waals surface area contributed by atoms with Gasteiger partial charge in [-0.05, 0) is 31.4 Å². The molecule has 0 saturated heterocycles. The number of nitrogens with zero attached hydrogens (tertiary/aromatic N) is 2. The fraction of sp³-hybridized carbons (Fsp3) is 0.412. The number of nitrogens with one attached hydrogen (secondary N) is 1. The molecule has 1 aromatic heterocycles. The largest absolute Gasteiger partial charge is 0.344 e. The molecule has 1 aliphatic carbocycles. The Kier molecular flexibility index (Phi) is 4.04. The number of carbonyl (C=O) groups is 1. The van der Waals surface area contributed by atoms with Gasteiger partial charge in [0.25, 0.3) is 5.91 Å². The molecule has 0 spiro atoms. The van der Waals surface area contributed by atoms with Crippen LogP contribution in [-0.2, 0) is 0 Å². The van der Waals surface area contributed by atoms with Crippen LogP contribution >= 0.6 is 0 Å². The lowest BCUT2D eigenvalue weighted by Crippen LogP contribution is -2.27. The number of hydrogen-bond donors (Lipinski definition) is 1. The van der Waals surface area contributed by atoms with E-state index in [0.29, 0.717) is 11.7 Å². The van der Waals surface area contributed by atoms with Crippen LogP contribution in [0.4, 0.5) is 0 Å². The minimum Gasteiger partial charge on any atom is -0.344 e. The molecular formula is C17H21N3O. The first-order chi connectivity index (χ1) is 10.2. The van der Waals surface area contributed by atoms with Gasteiger partial charge in [-0.15, -0.1) is 0 Å². The van der Waals surface area contributed by atoms with Crippen molar-refractivity contribution in [2.75, 3.05) is 0 Å². The van der Waals surface area contributed by atoms with Crippen molar-refractivity contribution in [2.45, 2.75) is 44.7 Å². The topological polar surface area (TPSA) is 46.9 Å². The normalized spacial score (nSPS) is 16.8. The second kappa shape index (κ2) is 6.12. The van der Waals surface area contributed by atoms with Crippen molar-refractivity contribution in [3.8, 4) is 0 Å². The van der Waals surface area contributed by atoms with Crippen molar-refractivity contribution in [3.05, 3.63) is 53.9 Å². The summed E-state index contributed by atoms with van der Waals surface area (Å²) in [6.45, 7) is 1.99. The van der Waals surface area contributed by atoms with Crippen LogP contribution in [0.3, 0.4) is 0 Å². The van der Waals surface area contributed by atoms with Crippen LogP contribution in [0.2, 0.25) is 0 Å². The van der Waals surface area contributed by atoms with E-state index in [9.17, 15) is 4.79 Å². The first-order valence-corrected chi connectivity index (χ1v) is 7.65. The third-order valence-electron chi connectivity index (χ3n) is 4.19. The lowest BCUT2D eigenvalue weighted by molar-refractivity contribution is 0.0933. The van der Waals surface area contributed by atoms with Gasteiger partial charge in [0, 0.05) is 6.20 Å². The summed E-state index contributed by atoms with van der Waals surface area (Å²) in [6, 6.07) is 12.2. The minimum atomic E-state index is -0.108. The van der Waals surface area contributed by atoms with Gasteiger partial charge in [0.05, 0.1) is 12.1 Å². The molecule has 1 heterocycles. The fourth-order valence-electron chi connectivity index (χ4n) is 2.93. The summed E-state index contributed by atoms with van der Waals surface area (Å²) in [5.74, 6) is -0.108. The summed E-state index contributed by atoms with van der Waals surface area (Å²) in [4.78, 5) is 12.3. The highest BCUT2D eigenvalue weighted by Gasteiger charge is 2.19. The van der Waals surface area contributed by atoms with E-state index < -0.39 is 0 Å². The molecule has 1 atom stereocenters. The Morgan fingerprint density at radius 1 is 1.24 bits per heavy atom. The average molecular weight is 283 g/mol. The molecule has 3 rings (SSSR count). The molecule has 1 saturated carbocycles. The highest BCUT2D eigenvalue weighted by atomic mass is 16.2. The average Bonchev–Trinajstić information content (AvgIpc) is 3.19. The van der Waals surface area contributed by atoms with Crippen LogP contribution in [0.15, 0.2) is 42.6 Å². The van der Waals surface area contributed by atoms with Gasteiger partial charge in [-0.1, -0.05) is 43.2 Å². The van der Waals surface area contributed by atoms with Crippen LogP contribution in [-0.4, -0.2) is 15.7 Å². The third-order valence-corrected chi connectivity index (χ3v) is 4.19. The number of aromatic nitrogens is 2. The van der Waals surface area contributed by atoms with E-state index in [1.165, 1.54) is 25.7 Å². The molecule has 21 heavy (non-hydrogen) atoms. The van der Waals surface area contributed by atoms with Gasteiger partial charge in [-0.25, -0.2) is 0 Å².